The Bertz CT molecular complexity index is 755. The van der Waals surface area contributed by atoms with Gasteiger partial charge >= 0.3 is 0 Å². The monoisotopic (exact) mass is 357 g/mol. The normalized spacial score (nSPS) is 23.5. The molecule has 0 radical (unpaired) electrons. The Balaban J connectivity index is 1.72. The van der Waals surface area contributed by atoms with E-state index in [1.807, 2.05) is 30.5 Å². The van der Waals surface area contributed by atoms with Crippen LogP contribution in [0.5, 0.6) is 5.75 Å². The predicted molar refractivity (Wildman–Crippen MR) is 102 cm³/mol. The first-order valence-electron chi connectivity index (χ1n) is 9.12. The molecule has 0 amide bonds. The van der Waals surface area contributed by atoms with Gasteiger partial charge in [-0.2, -0.15) is 0 Å². The lowest BCUT2D eigenvalue weighted by molar-refractivity contribution is -0.657. The van der Waals surface area contributed by atoms with Gasteiger partial charge in [0.25, 0.3) is 11.6 Å². The fourth-order valence-corrected chi connectivity index (χ4v) is 4.74. The molecule has 0 bridgehead atoms. The van der Waals surface area contributed by atoms with Crippen molar-refractivity contribution < 1.29 is 14.4 Å². The summed E-state index contributed by atoms with van der Waals surface area (Å²) in [6.45, 7) is 4.16. The molecule has 132 valence electrons. The van der Waals surface area contributed by atoms with Crippen molar-refractivity contribution in [2.45, 2.75) is 38.3 Å². The second-order valence-electron chi connectivity index (χ2n) is 6.69. The summed E-state index contributed by atoms with van der Waals surface area (Å²) in [5.41, 5.74) is 0.199. The molecule has 0 unspecified atom stereocenters. The van der Waals surface area contributed by atoms with E-state index in [4.69, 9.17) is 4.74 Å². The van der Waals surface area contributed by atoms with Crippen LogP contribution in [0.2, 0.25) is 0 Å². The number of amidine groups is 1. The first-order valence-corrected chi connectivity index (χ1v) is 10.0. The Morgan fingerprint density at radius 2 is 2.04 bits per heavy atom. The van der Waals surface area contributed by atoms with Gasteiger partial charge in [0.2, 0.25) is 0 Å². The lowest BCUT2D eigenvalue weighted by Crippen LogP contribution is -2.40. The Morgan fingerprint density at radius 1 is 1.20 bits per heavy atom. The van der Waals surface area contributed by atoms with Crippen LogP contribution in [-0.2, 0) is 5.72 Å². The molecule has 1 aromatic carbocycles. The predicted octanol–water partition coefficient (Wildman–Crippen LogP) is 3.80. The number of ether oxygens (including phenoxy) is 1. The molecule has 5 heteroatoms. The molecule has 4 nitrogen and oxygen atoms in total. The zero-order valence-corrected chi connectivity index (χ0v) is 15.5. The standard InChI is InChI=1S/C20H25N2O2S/c1-2-24-17-11-9-16(10-12-17)21-15-20(23,18-7-6-14-25-18)22-13-5-3-4-8-19(21)22/h6-7,9-12,14,23H,2-5,8,13,15H2,1H3/q+1/t20-/m0/s1. The summed E-state index contributed by atoms with van der Waals surface area (Å²) in [5.74, 6) is 2.14. The number of hydrogen-bond acceptors (Lipinski definition) is 4. The zero-order chi connectivity index (χ0) is 17.3. The van der Waals surface area contributed by atoms with Crippen molar-refractivity contribution in [1.29, 1.82) is 0 Å². The van der Waals surface area contributed by atoms with Gasteiger partial charge in [0.05, 0.1) is 18.0 Å². The number of hydrogen-bond donors (Lipinski definition) is 1. The van der Waals surface area contributed by atoms with Gasteiger partial charge in [0, 0.05) is 6.42 Å². The number of anilines is 1. The molecule has 0 spiro atoms. The van der Waals surface area contributed by atoms with Crippen LogP contribution in [0.4, 0.5) is 5.69 Å². The summed E-state index contributed by atoms with van der Waals surface area (Å²) >= 11 is 1.64. The summed E-state index contributed by atoms with van der Waals surface area (Å²) in [7, 11) is 0. The van der Waals surface area contributed by atoms with Crippen molar-refractivity contribution >= 4 is 22.9 Å². The number of aliphatic hydroxyl groups is 1. The van der Waals surface area contributed by atoms with E-state index in [0.29, 0.717) is 13.2 Å². The van der Waals surface area contributed by atoms with Crippen molar-refractivity contribution in [3.63, 3.8) is 0 Å². The van der Waals surface area contributed by atoms with Gasteiger partial charge in [-0.3, -0.25) is 0 Å². The highest BCUT2D eigenvalue weighted by Gasteiger charge is 2.52. The molecule has 0 saturated heterocycles. The third-order valence-electron chi connectivity index (χ3n) is 5.11. The number of rotatable bonds is 4. The molecule has 3 heterocycles. The topological polar surface area (TPSA) is 35.7 Å². The SMILES string of the molecule is CCOc1ccc(N2C[C@](O)(c3cccs3)[N+]3=C2CCCCC3)cc1. The molecule has 2 aliphatic rings. The van der Waals surface area contributed by atoms with Crippen LogP contribution >= 0.6 is 11.3 Å². The minimum atomic E-state index is -0.924. The summed E-state index contributed by atoms with van der Waals surface area (Å²) in [4.78, 5) is 3.32. The Morgan fingerprint density at radius 3 is 2.76 bits per heavy atom. The molecule has 1 aromatic heterocycles. The highest BCUT2D eigenvalue weighted by atomic mass is 32.1. The Hall–Kier alpha value is -1.85. The van der Waals surface area contributed by atoms with Crippen LogP contribution in [0.25, 0.3) is 0 Å². The van der Waals surface area contributed by atoms with Crippen LogP contribution in [0.1, 0.15) is 37.5 Å². The van der Waals surface area contributed by atoms with Gasteiger partial charge in [0.1, 0.15) is 11.4 Å². The number of thiophene rings is 1. The number of benzene rings is 1. The number of β-amino-alcohol motifs (C(OH)–C–C–N with tert-alkyl or cyclic N) is 1. The fraction of sp³-hybridized carbons (Fsp3) is 0.450. The van der Waals surface area contributed by atoms with Gasteiger partial charge in [-0.05, 0) is 61.9 Å². The second kappa shape index (κ2) is 6.81. The maximum absolute atomic E-state index is 11.6. The molecule has 0 fully saturated rings. The van der Waals surface area contributed by atoms with Crippen LogP contribution in [0.15, 0.2) is 41.8 Å². The van der Waals surface area contributed by atoms with Crippen molar-refractivity contribution in [2.75, 3.05) is 24.6 Å². The van der Waals surface area contributed by atoms with E-state index in [1.165, 1.54) is 18.7 Å². The van der Waals surface area contributed by atoms with Crippen molar-refractivity contribution in [1.82, 2.24) is 0 Å². The van der Waals surface area contributed by atoms with Gasteiger partial charge in [-0.1, -0.05) is 6.07 Å². The van der Waals surface area contributed by atoms with E-state index in [-0.39, 0.29) is 0 Å². The average Bonchev–Trinajstić information content (AvgIpc) is 3.17. The molecular formula is C20H25N2O2S+. The summed E-state index contributed by atoms with van der Waals surface area (Å²) in [6.07, 6.45) is 4.55. The highest BCUT2D eigenvalue weighted by Crippen LogP contribution is 2.37. The summed E-state index contributed by atoms with van der Waals surface area (Å²) in [6, 6.07) is 12.3. The molecule has 0 aliphatic carbocycles. The molecule has 2 aromatic rings. The van der Waals surface area contributed by atoms with Crippen LogP contribution in [0, 0.1) is 0 Å². The minimum Gasteiger partial charge on any atom is -0.494 e. The van der Waals surface area contributed by atoms with Crippen LogP contribution in [0.3, 0.4) is 0 Å². The first-order chi connectivity index (χ1) is 12.2. The summed E-state index contributed by atoms with van der Waals surface area (Å²) in [5, 5.41) is 13.6. The van der Waals surface area contributed by atoms with Crippen molar-refractivity contribution in [3.8, 4) is 5.75 Å². The average molecular weight is 357 g/mol. The smallest absolute Gasteiger partial charge is 0.280 e. The zero-order valence-electron chi connectivity index (χ0n) is 14.6. The molecule has 0 saturated carbocycles. The van der Waals surface area contributed by atoms with E-state index in [9.17, 15) is 5.11 Å². The van der Waals surface area contributed by atoms with E-state index in [0.717, 1.165) is 35.7 Å². The molecular weight excluding hydrogens is 332 g/mol. The van der Waals surface area contributed by atoms with Crippen LogP contribution < -0.4 is 9.64 Å². The van der Waals surface area contributed by atoms with E-state index in [2.05, 4.69) is 27.7 Å². The quantitative estimate of drug-likeness (QED) is 0.846. The van der Waals surface area contributed by atoms with Crippen molar-refractivity contribution in [2.24, 2.45) is 0 Å². The lowest BCUT2D eigenvalue weighted by atomic mass is 10.1. The molecule has 4 rings (SSSR count). The molecule has 1 N–H and O–H groups in total. The molecule has 1 atom stereocenters. The lowest BCUT2D eigenvalue weighted by Gasteiger charge is -2.21. The molecule has 2 aliphatic heterocycles. The van der Waals surface area contributed by atoms with Crippen LogP contribution in [-0.4, -0.2) is 35.2 Å². The highest BCUT2D eigenvalue weighted by molar-refractivity contribution is 7.10. The largest absolute Gasteiger partial charge is 0.494 e. The van der Waals surface area contributed by atoms with E-state index < -0.39 is 5.72 Å². The fourth-order valence-electron chi connectivity index (χ4n) is 3.92. The molecule has 25 heavy (non-hydrogen) atoms. The maximum atomic E-state index is 11.6. The van der Waals surface area contributed by atoms with E-state index >= 15 is 0 Å². The Kier molecular flexibility index (Phi) is 4.52. The second-order valence-corrected chi connectivity index (χ2v) is 7.63. The third-order valence-corrected chi connectivity index (χ3v) is 6.12. The third kappa shape index (κ3) is 2.96. The Labute approximate surface area is 153 Å². The van der Waals surface area contributed by atoms with E-state index in [1.54, 1.807) is 11.3 Å². The number of nitrogens with zero attached hydrogens (tertiary/aromatic N) is 2. The first kappa shape index (κ1) is 16.6. The maximum Gasteiger partial charge on any atom is 0.280 e. The van der Waals surface area contributed by atoms with Gasteiger partial charge in [-0.25, -0.2) is 9.48 Å². The van der Waals surface area contributed by atoms with Gasteiger partial charge < -0.3 is 9.84 Å². The minimum absolute atomic E-state index is 0.580. The van der Waals surface area contributed by atoms with Gasteiger partial charge in [0.15, 0.2) is 6.54 Å². The van der Waals surface area contributed by atoms with Crippen molar-refractivity contribution in [3.05, 3.63) is 46.7 Å². The van der Waals surface area contributed by atoms with Gasteiger partial charge in [-0.15, -0.1) is 11.3 Å². The summed E-state index contributed by atoms with van der Waals surface area (Å²) < 4.78 is 7.80.